The lowest BCUT2D eigenvalue weighted by Gasteiger charge is -2.33. The summed E-state index contributed by atoms with van der Waals surface area (Å²) in [4.78, 5) is 18.9. The van der Waals surface area contributed by atoms with Gasteiger partial charge in [-0.25, -0.2) is 4.99 Å². The molecule has 7 heteroatoms. The average molecular weight is 377 g/mol. The molecule has 1 saturated heterocycles. The van der Waals surface area contributed by atoms with E-state index in [2.05, 4.69) is 9.89 Å². The highest BCUT2D eigenvalue weighted by atomic mass is 16.5. The van der Waals surface area contributed by atoms with E-state index in [0.29, 0.717) is 25.3 Å². The second-order valence-electron chi connectivity index (χ2n) is 8.01. The number of hydrogen-bond acceptors (Lipinski definition) is 7. The number of ether oxygens (including phenoxy) is 3. The van der Waals surface area contributed by atoms with Crippen molar-refractivity contribution in [2.45, 2.75) is 63.2 Å². The molecule has 0 aromatic heterocycles. The molecule has 2 aliphatic heterocycles. The number of rotatable bonds is 7. The summed E-state index contributed by atoms with van der Waals surface area (Å²) in [6.45, 7) is 3.77. The van der Waals surface area contributed by atoms with Gasteiger partial charge in [-0.3, -0.25) is 4.79 Å². The highest BCUT2D eigenvalue weighted by Gasteiger charge is 2.60. The number of morpholine rings is 1. The first-order valence-electron chi connectivity index (χ1n) is 10.4. The van der Waals surface area contributed by atoms with Gasteiger partial charge < -0.3 is 24.8 Å². The summed E-state index contributed by atoms with van der Waals surface area (Å²) in [5.41, 5.74) is 6.76. The van der Waals surface area contributed by atoms with E-state index >= 15 is 0 Å². The lowest BCUT2D eigenvalue weighted by atomic mass is 9.98. The van der Waals surface area contributed by atoms with Gasteiger partial charge >= 0.3 is 5.97 Å². The van der Waals surface area contributed by atoms with Gasteiger partial charge in [0.2, 0.25) is 0 Å². The van der Waals surface area contributed by atoms with Crippen molar-refractivity contribution in [1.82, 2.24) is 4.90 Å². The molecule has 0 aromatic rings. The van der Waals surface area contributed by atoms with E-state index in [9.17, 15) is 4.79 Å². The highest BCUT2D eigenvalue weighted by Crippen LogP contribution is 2.55. The monoisotopic (exact) mass is 377 g/mol. The Kier molecular flexibility index (Phi) is 5.68. The lowest BCUT2D eigenvalue weighted by Crippen LogP contribution is -2.39. The fourth-order valence-electron chi connectivity index (χ4n) is 4.41. The van der Waals surface area contributed by atoms with E-state index in [4.69, 9.17) is 19.9 Å². The van der Waals surface area contributed by atoms with Crippen LogP contribution in [0.2, 0.25) is 0 Å². The molecule has 0 amide bonds. The van der Waals surface area contributed by atoms with Crippen LogP contribution in [0.5, 0.6) is 0 Å². The fourth-order valence-corrected chi connectivity index (χ4v) is 4.41. The van der Waals surface area contributed by atoms with Crippen LogP contribution < -0.4 is 5.73 Å². The van der Waals surface area contributed by atoms with Gasteiger partial charge in [-0.2, -0.15) is 0 Å². The minimum Gasteiger partial charge on any atom is -0.462 e. The molecule has 2 saturated carbocycles. The van der Waals surface area contributed by atoms with Gasteiger partial charge in [0.05, 0.1) is 25.7 Å². The Hall–Kier alpha value is -1.60. The third-order valence-corrected chi connectivity index (χ3v) is 5.96. The highest BCUT2D eigenvalue weighted by molar-refractivity contribution is 5.93. The minimum absolute atomic E-state index is 0.101. The fraction of sp³-hybridized carbons (Fsp3) is 0.800. The molecule has 2 N–H and O–H groups in total. The first-order chi connectivity index (χ1) is 13.2. The van der Waals surface area contributed by atoms with E-state index in [1.807, 2.05) is 6.08 Å². The first kappa shape index (κ1) is 18.7. The van der Waals surface area contributed by atoms with Crippen molar-refractivity contribution < 1.29 is 19.0 Å². The summed E-state index contributed by atoms with van der Waals surface area (Å²) in [6.07, 6.45) is 9.66. The number of carbonyl (C=O) groups excluding carboxylic acids is 1. The van der Waals surface area contributed by atoms with Crippen molar-refractivity contribution in [3.63, 3.8) is 0 Å². The number of hydrogen-bond donors (Lipinski definition) is 1. The standard InChI is InChI=1S/C20H31N3O4/c21-18-13-17(23-8-11-25-12-9-23)16-14-20(16,22-18)26-10-4-7-19(24)27-15-5-2-1-3-6-15/h13,15-16H,1-12,14H2,(H2,21,22). The van der Waals surface area contributed by atoms with Crippen LogP contribution in [0.3, 0.4) is 0 Å². The minimum atomic E-state index is -0.514. The molecule has 0 radical (unpaired) electrons. The molecule has 27 heavy (non-hydrogen) atoms. The average Bonchev–Trinajstić information content (AvgIpc) is 3.40. The number of dihydropyridines is 1. The molecule has 2 atom stereocenters. The third kappa shape index (κ3) is 4.46. The number of carbonyl (C=O) groups is 1. The summed E-state index contributed by atoms with van der Waals surface area (Å²) < 4.78 is 17.1. The second-order valence-corrected chi connectivity index (χ2v) is 8.01. The Morgan fingerprint density at radius 2 is 2.07 bits per heavy atom. The van der Waals surface area contributed by atoms with Gasteiger partial charge in [-0.15, -0.1) is 0 Å². The predicted molar refractivity (Wildman–Crippen MR) is 101 cm³/mol. The SMILES string of the molecule is NC1=NC2(OCCCC(=O)OC3CCCCC3)CC2C(N2CCOCC2)=C1. The van der Waals surface area contributed by atoms with Crippen LogP contribution in [0, 0.1) is 5.92 Å². The molecule has 2 aliphatic carbocycles. The van der Waals surface area contributed by atoms with Crippen molar-refractivity contribution in [2.75, 3.05) is 32.9 Å². The number of esters is 1. The van der Waals surface area contributed by atoms with Crippen LogP contribution in [0.1, 0.15) is 51.4 Å². The normalized spacial score (nSPS) is 31.0. The molecule has 4 aliphatic rings. The van der Waals surface area contributed by atoms with Crippen molar-refractivity contribution in [2.24, 2.45) is 16.6 Å². The predicted octanol–water partition coefficient (Wildman–Crippen LogP) is 1.96. The van der Waals surface area contributed by atoms with E-state index in [0.717, 1.165) is 45.6 Å². The van der Waals surface area contributed by atoms with Crippen molar-refractivity contribution >= 4 is 11.8 Å². The number of nitrogens with zero attached hydrogens (tertiary/aromatic N) is 2. The van der Waals surface area contributed by atoms with Crippen LogP contribution >= 0.6 is 0 Å². The Morgan fingerprint density at radius 1 is 1.30 bits per heavy atom. The molecule has 7 nitrogen and oxygen atoms in total. The summed E-state index contributed by atoms with van der Waals surface area (Å²) in [7, 11) is 0. The van der Waals surface area contributed by atoms with Crippen molar-refractivity contribution in [1.29, 1.82) is 0 Å². The molecule has 2 heterocycles. The van der Waals surface area contributed by atoms with Gasteiger partial charge in [0, 0.05) is 31.6 Å². The summed E-state index contributed by atoms with van der Waals surface area (Å²) in [5.74, 6) is 0.704. The number of aliphatic imine (C=N–C) groups is 1. The maximum atomic E-state index is 12.0. The van der Waals surface area contributed by atoms with Gasteiger partial charge in [0.1, 0.15) is 11.9 Å². The van der Waals surface area contributed by atoms with Crippen molar-refractivity contribution in [3.8, 4) is 0 Å². The molecular weight excluding hydrogens is 346 g/mol. The zero-order valence-corrected chi connectivity index (χ0v) is 16.0. The van der Waals surface area contributed by atoms with E-state index in [1.165, 1.54) is 25.0 Å². The molecule has 0 bridgehead atoms. The number of amidine groups is 1. The van der Waals surface area contributed by atoms with Crippen LogP contribution in [0.25, 0.3) is 0 Å². The van der Waals surface area contributed by atoms with Gasteiger partial charge in [0.15, 0.2) is 5.72 Å². The van der Waals surface area contributed by atoms with E-state index in [1.54, 1.807) is 0 Å². The van der Waals surface area contributed by atoms with Crippen molar-refractivity contribution in [3.05, 3.63) is 11.8 Å². The lowest BCUT2D eigenvalue weighted by molar-refractivity contribution is -0.151. The van der Waals surface area contributed by atoms with Gasteiger partial charge in [-0.05, 0) is 38.2 Å². The molecule has 0 aromatic carbocycles. The Morgan fingerprint density at radius 3 is 2.85 bits per heavy atom. The van der Waals surface area contributed by atoms with Crippen LogP contribution in [0.15, 0.2) is 16.8 Å². The molecule has 2 unspecified atom stereocenters. The smallest absolute Gasteiger partial charge is 0.306 e. The molecule has 150 valence electrons. The quantitative estimate of drug-likeness (QED) is 0.539. The molecule has 0 spiro atoms. The van der Waals surface area contributed by atoms with Gasteiger partial charge in [0.25, 0.3) is 0 Å². The summed E-state index contributed by atoms with van der Waals surface area (Å²) in [6, 6.07) is 0. The Labute approximate surface area is 160 Å². The topological polar surface area (TPSA) is 86.4 Å². The first-order valence-corrected chi connectivity index (χ1v) is 10.4. The largest absolute Gasteiger partial charge is 0.462 e. The van der Waals surface area contributed by atoms with Crippen LogP contribution in [0.4, 0.5) is 0 Å². The summed E-state index contributed by atoms with van der Waals surface area (Å²) >= 11 is 0. The molecule has 4 rings (SSSR count). The second kappa shape index (κ2) is 8.19. The van der Waals surface area contributed by atoms with Crippen LogP contribution in [-0.4, -0.2) is 61.4 Å². The number of fused-ring (bicyclic) bond motifs is 1. The number of nitrogens with two attached hydrogens (primary N) is 1. The Bertz CT molecular complexity index is 608. The van der Waals surface area contributed by atoms with E-state index in [-0.39, 0.29) is 18.0 Å². The zero-order chi connectivity index (χ0) is 18.7. The third-order valence-electron chi connectivity index (χ3n) is 5.96. The van der Waals surface area contributed by atoms with Gasteiger partial charge in [-0.1, -0.05) is 6.42 Å². The zero-order valence-electron chi connectivity index (χ0n) is 16.0. The molecule has 3 fully saturated rings. The maximum absolute atomic E-state index is 12.0. The van der Waals surface area contributed by atoms with Crippen LogP contribution in [-0.2, 0) is 19.0 Å². The summed E-state index contributed by atoms with van der Waals surface area (Å²) in [5, 5.41) is 0. The molecular formula is C20H31N3O4. The maximum Gasteiger partial charge on any atom is 0.306 e. The van der Waals surface area contributed by atoms with E-state index < -0.39 is 5.72 Å². The Balaban J connectivity index is 1.21.